The third-order valence-corrected chi connectivity index (χ3v) is 3.48. The summed E-state index contributed by atoms with van der Waals surface area (Å²) in [5.74, 6) is 0.854. The van der Waals surface area contributed by atoms with E-state index in [1.165, 1.54) is 0 Å². The first-order chi connectivity index (χ1) is 8.72. The van der Waals surface area contributed by atoms with Crippen LogP contribution in [0.25, 0.3) is 0 Å². The monoisotopic (exact) mass is 309 g/mol. The van der Waals surface area contributed by atoms with E-state index in [9.17, 15) is 4.79 Å². The molecule has 0 unspecified atom stereocenters. The van der Waals surface area contributed by atoms with Gasteiger partial charge in [0.1, 0.15) is 0 Å². The molecule has 94 valence electrons. The molecule has 18 heavy (non-hydrogen) atoms. The minimum Gasteiger partial charge on any atom is -0.444 e. The summed E-state index contributed by atoms with van der Waals surface area (Å²) in [5, 5.41) is 0. The number of aromatic nitrogens is 2. The van der Waals surface area contributed by atoms with Gasteiger partial charge in [-0.1, -0.05) is 0 Å². The van der Waals surface area contributed by atoms with Crippen LogP contribution >= 0.6 is 15.9 Å². The van der Waals surface area contributed by atoms with Gasteiger partial charge in [0, 0.05) is 37.9 Å². The van der Waals surface area contributed by atoms with E-state index in [0.717, 1.165) is 19.6 Å². The lowest BCUT2D eigenvalue weighted by molar-refractivity contribution is 0.0436. The molecule has 1 amide bonds. The summed E-state index contributed by atoms with van der Waals surface area (Å²) in [5.41, 5.74) is 0. The van der Waals surface area contributed by atoms with Crippen molar-refractivity contribution in [1.29, 1.82) is 0 Å². The first-order valence-corrected chi connectivity index (χ1v) is 6.52. The summed E-state index contributed by atoms with van der Waals surface area (Å²) in [6.45, 7) is 2.45. The van der Waals surface area contributed by atoms with Gasteiger partial charge in [0.25, 0.3) is 5.91 Å². The van der Waals surface area contributed by atoms with Crippen molar-refractivity contribution >= 4 is 21.8 Å². The molecule has 0 aliphatic carbocycles. The summed E-state index contributed by atoms with van der Waals surface area (Å²) in [4.78, 5) is 17.8. The number of nitrogens with zero attached hydrogens (tertiary/aromatic N) is 3. The number of amides is 1. The van der Waals surface area contributed by atoms with Crippen molar-refractivity contribution in [2.24, 2.45) is 5.92 Å². The van der Waals surface area contributed by atoms with Crippen LogP contribution in [0.1, 0.15) is 10.6 Å². The van der Waals surface area contributed by atoms with Crippen LogP contribution in [0.3, 0.4) is 0 Å². The van der Waals surface area contributed by atoms with Crippen molar-refractivity contribution in [3.05, 3.63) is 41.3 Å². The molecule has 1 saturated heterocycles. The second-order valence-electron chi connectivity index (χ2n) is 4.44. The summed E-state index contributed by atoms with van der Waals surface area (Å²) < 4.78 is 7.88. The molecular formula is C12H12BrN3O2. The van der Waals surface area contributed by atoms with E-state index in [4.69, 9.17) is 4.42 Å². The molecule has 0 radical (unpaired) electrons. The van der Waals surface area contributed by atoms with Gasteiger partial charge in [-0.25, -0.2) is 4.98 Å². The highest BCUT2D eigenvalue weighted by Gasteiger charge is 2.32. The Hall–Kier alpha value is -1.56. The van der Waals surface area contributed by atoms with E-state index in [2.05, 4.69) is 20.9 Å². The number of hydrogen-bond donors (Lipinski definition) is 0. The number of rotatable bonds is 3. The fourth-order valence-corrected chi connectivity index (χ4v) is 2.44. The Kier molecular flexibility index (Phi) is 2.95. The maximum absolute atomic E-state index is 12.0. The largest absolute Gasteiger partial charge is 0.444 e. The SMILES string of the molecule is O=C(c1ccc(Br)o1)N1CC(Cn2ccnc2)C1. The fourth-order valence-electron chi connectivity index (χ4n) is 2.13. The van der Waals surface area contributed by atoms with Crippen molar-refractivity contribution in [2.45, 2.75) is 6.54 Å². The van der Waals surface area contributed by atoms with Crippen LogP contribution in [0.4, 0.5) is 0 Å². The maximum atomic E-state index is 12.0. The Balaban J connectivity index is 1.54. The predicted molar refractivity (Wildman–Crippen MR) is 68.0 cm³/mol. The van der Waals surface area contributed by atoms with E-state index in [1.807, 2.05) is 10.8 Å². The quantitative estimate of drug-likeness (QED) is 0.871. The van der Waals surface area contributed by atoms with E-state index >= 15 is 0 Å². The van der Waals surface area contributed by atoms with Gasteiger partial charge in [-0.05, 0) is 28.1 Å². The van der Waals surface area contributed by atoms with Gasteiger partial charge in [-0.15, -0.1) is 0 Å². The second kappa shape index (κ2) is 4.61. The predicted octanol–water partition coefficient (Wildman–Crippen LogP) is 2.01. The lowest BCUT2D eigenvalue weighted by atomic mass is 10.00. The smallest absolute Gasteiger partial charge is 0.289 e. The maximum Gasteiger partial charge on any atom is 0.289 e. The van der Waals surface area contributed by atoms with Crippen molar-refractivity contribution in [1.82, 2.24) is 14.5 Å². The standard InChI is InChI=1S/C12H12BrN3O2/c13-11-2-1-10(18-11)12(17)16-6-9(7-16)5-15-4-3-14-8-15/h1-4,8-9H,5-7H2. The summed E-state index contributed by atoms with van der Waals surface area (Å²) >= 11 is 3.19. The second-order valence-corrected chi connectivity index (χ2v) is 5.22. The zero-order valence-electron chi connectivity index (χ0n) is 9.62. The Morgan fingerprint density at radius 2 is 2.33 bits per heavy atom. The van der Waals surface area contributed by atoms with Gasteiger partial charge in [0.05, 0.1) is 6.33 Å². The molecule has 5 nitrogen and oxygen atoms in total. The minimum absolute atomic E-state index is 0.0393. The zero-order valence-corrected chi connectivity index (χ0v) is 11.2. The van der Waals surface area contributed by atoms with E-state index in [-0.39, 0.29) is 5.91 Å². The molecule has 0 aromatic carbocycles. The molecule has 1 fully saturated rings. The molecule has 1 aliphatic rings. The molecule has 3 heterocycles. The van der Waals surface area contributed by atoms with Crippen molar-refractivity contribution < 1.29 is 9.21 Å². The fraction of sp³-hybridized carbons (Fsp3) is 0.333. The third-order valence-electron chi connectivity index (χ3n) is 3.06. The molecule has 0 spiro atoms. The van der Waals surface area contributed by atoms with Gasteiger partial charge in [-0.2, -0.15) is 0 Å². The van der Waals surface area contributed by atoms with Crippen LogP contribution in [0, 0.1) is 5.92 Å². The van der Waals surface area contributed by atoms with Gasteiger partial charge in [0.15, 0.2) is 10.4 Å². The number of furan rings is 1. The topological polar surface area (TPSA) is 51.3 Å². The molecule has 3 rings (SSSR count). The molecule has 0 N–H and O–H groups in total. The molecule has 6 heteroatoms. The normalized spacial score (nSPS) is 15.7. The van der Waals surface area contributed by atoms with Crippen LogP contribution in [0.5, 0.6) is 0 Å². The first-order valence-electron chi connectivity index (χ1n) is 5.73. The summed E-state index contributed by atoms with van der Waals surface area (Å²) in [7, 11) is 0. The number of carbonyl (C=O) groups is 1. The van der Waals surface area contributed by atoms with Crippen molar-refractivity contribution in [3.63, 3.8) is 0 Å². The van der Waals surface area contributed by atoms with Crippen LogP contribution in [0.2, 0.25) is 0 Å². The highest BCUT2D eigenvalue weighted by atomic mass is 79.9. The molecule has 1 aliphatic heterocycles. The Labute approximate surface area is 113 Å². The number of halogens is 1. The average molecular weight is 310 g/mol. The average Bonchev–Trinajstić information content (AvgIpc) is 2.93. The molecule has 2 aromatic rings. The van der Waals surface area contributed by atoms with E-state index in [0.29, 0.717) is 16.3 Å². The highest BCUT2D eigenvalue weighted by molar-refractivity contribution is 9.10. The zero-order chi connectivity index (χ0) is 12.5. The van der Waals surface area contributed by atoms with E-state index in [1.54, 1.807) is 29.6 Å². The number of hydrogen-bond acceptors (Lipinski definition) is 3. The Bertz CT molecular complexity index is 543. The minimum atomic E-state index is -0.0393. The summed E-state index contributed by atoms with van der Waals surface area (Å²) in [6, 6.07) is 3.42. The van der Waals surface area contributed by atoms with Crippen molar-refractivity contribution in [3.8, 4) is 0 Å². The number of imidazole rings is 1. The molecule has 0 saturated carbocycles. The molecule has 0 atom stereocenters. The van der Waals surface area contributed by atoms with E-state index < -0.39 is 0 Å². The number of likely N-dealkylation sites (tertiary alicyclic amines) is 1. The molecule has 0 bridgehead atoms. The first kappa shape index (κ1) is 11.5. The lowest BCUT2D eigenvalue weighted by Crippen LogP contribution is -2.51. The van der Waals surface area contributed by atoms with Crippen LogP contribution in [-0.2, 0) is 6.54 Å². The van der Waals surface area contributed by atoms with Gasteiger partial charge in [-0.3, -0.25) is 4.79 Å². The van der Waals surface area contributed by atoms with Gasteiger partial charge in [0.2, 0.25) is 0 Å². The Morgan fingerprint density at radius 1 is 1.50 bits per heavy atom. The highest BCUT2D eigenvalue weighted by Crippen LogP contribution is 2.22. The van der Waals surface area contributed by atoms with Crippen molar-refractivity contribution in [2.75, 3.05) is 13.1 Å². The van der Waals surface area contributed by atoms with Gasteiger partial charge >= 0.3 is 0 Å². The Morgan fingerprint density at radius 3 is 2.94 bits per heavy atom. The lowest BCUT2D eigenvalue weighted by Gasteiger charge is -2.38. The summed E-state index contributed by atoms with van der Waals surface area (Å²) in [6.07, 6.45) is 5.50. The van der Waals surface area contributed by atoms with Gasteiger partial charge < -0.3 is 13.9 Å². The van der Waals surface area contributed by atoms with Crippen LogP contribution < -0.4 is 0 Å². The van der Waals surface area contributed by atoms with Crippen LogP contribution in [-0.4, -0.2) is 33.4 Å². The molecule has 2 aromatic heterocycles. The number of carbonyl (C=O) groups excluding carboxylic acids is 1. The van der Waals surface area contributed by atoms with Crippen LogP contribution in [0.15, 0.2) is 39.9 Å². The third kappa shape index (κ3) is 2.20. The molecular weight excluding hydrogens is 298 g/mol.